The smallest absolute Gasteiger partial charge is 0.119 e. The van der Waals surface area contributed by atoms with Crippen LogP contribution in [0.15, 0.2) is 24.3 Å². The highest BCUT2D eigenvalue weighted by Gasteiger charge is 1.89. The van der Waals surface area contributed by atoms with E-state index in [0.29, 0.717) is 0 Å². The van der Waals surface area contributed by atoms with Crippen molar-refractivity contribution in [3.8, 4) is 0 Å². The van der Waals surface area contributed by atoms with Gasteiger partial charge in [0.1, 0.15) is 6.29 Å². The van der Waals surface area contributed by atoms with Crippen molar-refractivity contribution in [1.82, 2.24) is 0 Å². The third-order valence-electron chi connectivity index (χ3n) is 3.37. The molecule has 0 spiro atoms. The first-order valence-corrected chi connectivity index (χ1v) is 8.35. The van der Waals surface area contributed by atoms with Crippen molar-refractivity contribution in [3.05, 3.63) is 24.3 Å². The third-order valence-corrected chi connectivity index (χ3v) is 3.37. The van der Waals surface area contributed by atoms with Crippen LogP contribution < -0.4 is 5.73 Å². The van der Waals surface area contributed by atoms with E-state index in [0.717, 1.165) is 38.5 Å². The van der Waals surface area contributed by atoms with Gasteiger partial charge in [-0.05, 0) is 51.5 Å². The van der Waals surface area contributed by atoms with Gasteiger partial charge in [-0.15, -0.1) is 0 Å². The Labute approximate surface area is 125 Å². The lowest BCUT2D eigenvalue weighted by Gasteiger charge is -1.97. The van der Waals surface area contributed by atoms with Crippen LogP contribution in [0.1, 0.15) is 77.0 Å². The van der Waals surface area contributed by atoms with Crippen LogP contribution in [0.2, 0.25) is 0 Å². The van der Waals surface area contributed by atoms with Gasteiger partial charge in [-0.3, -0.25) is 0 Å². The van der Waals surface area contributed by atoms with E-state index < -0.39 is 0 Å². The maximum Gasteiger partial charge on any atom is 0.119 e. The fourth-order valence-corrected chi connectivity index (χ4v) is 2.11. The van der Waals surface area contributed by atoms with Crippen LogP contribution in [0.25, 0.3) is 0 Å². The summed E-state index contributed by atoms with van der Waals surface area (Å²) in [5.74, 6) is 0. The van der Waals surface area contributed by atoms with E-state index >= 15 is 0 Å². The van der Waals surface area contributed by atoms with Crippen LogP contribution in [0.5, 0.6) is 0 Å². The summed E-state index contributed by atoms with van der Waals surface area (Å²) in [6, 6.07) is 0. The van der Waals surface area contributed by atoms with Crippen molar-refractivity contribution < 1.29 is 4.79 Å². The van der Waals surface area contributed by atoms with E-state index in [1.165, 1.54) is 51.4 Å². The Morgan fingerprint density at radius 2 is 1.10 bits per heavy atom. The second-order valence-corrected chi connectivity index (χ2v) is 5.33. The van der Waals surface area contributed by atoms with Gasteiger partial charge < -0.3 is 10.5 Å². The number of hydrogen-bond acceptors (Lipinski definition) is 2. The molecule has 0 unspecified atom stereocenters. The van der Waals surface area contributed by atoms with Gasteiger partial charge in [0.25, 0.3) is 0 Å². The maximum atomic E-state index is 10.1. The van der Waals surface area contributed by atoms with E-state index in [2.05, 4.69) is 24.3 Å². The zero-order chi connectivity index (χ0) is 14.7. The van der Waals surface area contributed by atoms with Crippen molar-refractivity contribution in [2.45, 2.75) is 77.0 Å². The number of allylic oxidation sites excluding steroid dienone is 4. The number of rotatable bonds is 15. The highest BCUT2D eigenvalue weighted by atomic mass is 16.1. The number of carbonyl (C=O) groups is 1. The summed E-state index contributed by atoms with van der Waals surface area (Å²) in [7, 11) is 0. The number of hydrogen-bond donors (Lipinski definition) is 1. The molecule has 0 saturated heterocycles. The van der Waals surface area contributed by atoms with Crippen LogP contribution in [-0.4, -0.2) is 12.8 Å². The zero-order valence-corrected chi connectivity index (χ0v) is 13.1. The van der Waals surface area contributed by atoms with Gasteiger partial charge in [-0.2, -0.15) is 0 Å². The van der Waals surface area contributed by atoms with Gasteiger partial charge >= 0.3 is 0 Å². The van der Waals surface area contributed by atoms with Crippen LogP contribution in [0.4, 0.5) is 0 Å². The minimum Gasteiger partial charge on any atom is -0.330 e. The molecule has 0 amide bonds. The summed E-state index contributed by atoms with van der Waals surface area (Å²) >= 11 is 0. The normalized spacial score (nSPS) is 11.7. The number of unbranched alkanes of at least 4 members (excludes halogenated alkanes) is 9. The van der Waals surface area contributed by atoms with Gasteiger partial charge in [-0.25, -0.2) is 0 Å². The molecule has 0 aliphatic rings. The Morgan fingerprint density at radius 3 is 1.65 bits per heavy atom. The molecule has 2 N–H and O–H groups in total. The topological polar surface area (TPSA) is 43.1 Å². The summed E-state index contributed by atoms with van der Waals surface area (Å²) in [5, 5.41) is 0. The summed E-state index contributed by atoms with van der Waals surface area (Å²) in [5.41, 5.74) is 5.45. The highest BCUT2D eigenvalue weighted by molar-refractivity contribution is 5.48. The zero-order valence-electron chi connectivity index (χ0n) is 13.1. The van der Waals surface area contributed by atoms with Crippen molar-refractivity contribution in [2.75, 3.05) is 6.54 Å². The number of carbonyl (C=O) groups excluding carboxylic acids is 1. The minimum absolute atomic E-state index is 0.735. The molecule has 0 bridgehead atoms. The Morgan fingerprint density at radius 1 is 0.600 bits per heavy atom. The molecule has 0 radical (unpaired) electrons. The molecular weight excluding hydrogens is 246 g/mol. The van der Waals surface area contributed by atoms with E-state index in [1.807, 2.05) is 0 Å². The standard InChI is InChI=1S/C18H33NO/c19-17-15-13-11-9-7-5-3-1-2-4-6-8-10-12-14-16-18-20/h1-2,5,7,18H,3-4,6,8-17,19H2/b2-1-,7-5-. The van der Waals surface area contributed by atoms with Gasteiger partial charge in [0.05, 0.1) is 0 Å². The first kappa shape index (κ1) is 19.1. The Hall–Kier alpha value is -0.890. The molecule has 0 saturated carbocycles. The molecule has 0 aliphatic heterocycles. The van der Waals surface area contributed by atoms with E-state index in [9.17, 15) is 4.79 Å². The van der Waals surface area contributed by atoms with Crippen LogP contribution in [0.3, 0.4) is 0 Å². The lowest BCUT2D eigenvalue weighted by atomic mass is 10.1. The van der Waals surface area contributed by atoms with E-state index in [-0.39, 0.29) is 0 Å². The molecule has 0 aromatic heterocycles. The first-order valence-electron chi connectivity index (χ1n) is 8.35. The molecule has 2 nitrogen and oxygen atoms in total. The molecule has 0 aliphatic carbocycles. The van der Waals surface area contributed by atoms with Gasteiger partial charge in [0.2, 0.25) is 0 Å². The predicted octanol–water partition coefficient (Wildman–Crippen LogP) is 4.94. The fourth-order valence-electron chi connectivity index (χ4n) is 2.11. The summed E-state index contributed by atoms with van der Waals surface area (Å²) in [6.45, 7) is 0.823. The Kier molecular flexibility index (Phi) is 17.3. The average Bonchev–Trinajstić information content (AvgIpc) is 2.47. The molecule has 0 aromatic rings. The lowest BCUT2D eigenvalue weighted by Crippen LogP contribution is -1.97. The van der Waals surface area contributed by atoms with Gasteiger partial charge in [-0.1, -0.05) is 50.0 Å². The molecule has 116 valence electrons. The lowest BCUT2D eigenvalue weighted by molar-refractivity contribution is -0.107. The Bertz CT molecular complexity index is 246. The molecule has 0 atom stereocenters. The maximum absolute atomic E-state index is 10.1. The SMILES string of the molecule is NCCCCC/C=C\C/C=C\CCCCCCCC=O. The number of aldehydes is 1. The average molecular weight is 279 g/mol. The van der Waals surface area contributed by atoms with Crippen molar-refractivity contribution in [2.24, 2.45) is 5.73 Å². The Balaban J connectivity index is 3.15. The van der Waals surface area contributed by atoms with E-state index in [4.69, 9.17) is 5.73 Å². The molecule has 20 heavy (non-hydrogen) atoms. The van der Waals surface area contributed by atoms with Crippen LogP contribution >= 0.6 is 0 Å². The van der Waals surface area contributed by atoms with Crippen molar-refractivity contribution in [3.63, 3.8) is 0 Å². The third kappa shape index (κ3) is 17.1. The quantitative estimate of drug-likeness (QED) is 0.262. The second kappa shape index (κ2) is 18.1. The van der Waals surface area contributed by atoms with Crippen LogP contribution in [0, 0.1) is 0 Å². The molecule has 2 heteroatoms. The van der Waals surface area contributed by atoms with E-state index in [1.54, 1.807) is 0 Å². The molecule has 0 heterocycles. The van der Waals surface area contributed by atoms with Crippen molar-refractivity contribution >= 4 is 6.29 Å². The monoisotopic (exact) mass is 279 g/mol. The number of nitrogens with two attached hydrogens (primary N) is 1. The van der Waals surface area contributed by atoms with Gasteiger partial charge in [0, 0.05) is 6.42 Å². The summed E-state index contributed by atoms with van der Waals surface area (Å²) < 4.78 is 0. The van der Waals surface area contributed by atoms with Gasteiger partial charge in [0.15, 0.2) is 0 Å². The minimum atomic E-state index is 0.735. The summed E-state index contributed by atoms with van der Waals surface area (Å²) in [6.07, 6.45) is 24.1. The first-order chi connectivity index (χ1) is 9.91. The molecule has 0 fully saturated rings. The highest BCUT2D eigenvalue weighted by Crippen LogP contribution is 2.07. The molecular formula is C18H33NO. The predicted molar refractivity (Wildman–Crippen MR) is 88.8 cm³/mol. The largest absolute Gasteiger partial charge is 0.330 e. The fraction of sp³-hybridized carbons (Fsp3) is 0.722. The summed E-state index contributed by atoms with van der Waals surface area (Å²) in [4.78, 5) is 10.1. The van der Waals surface area contributed by atoms with Crippen molar-refractivity contribution in [1.29, 1.82) is 0 Å². The molecule has 0 aromatic carbocycles. The molecule has 0 rings (SSSR count). The second-order valence-electron chi connectivity index (χ2n) is 5.33. The van der Waals surface area contributed by atoms with Crippen LogP contribution in [-0.2, 0) is 4.79 Å².